The molecule has 13 atom stereocenters. The Bertz CT molecular complexity index is 1440. The lowest BCUT2D eigenvalue weighted by atomic mass is 9.53. The van der Waals surface area contributed by atoms with Crippen molar-refractivity contribution in [2.45, 2.75) is 93.3 Å². The van der Waals surface area contributed by atoms with Gasteiger partial charge in [-0.3, -0.25) is 0 Å². The third-order valence-corrected chi connectivity index (χ3v) is 11.9. The lowest BCUT2D eigenvalue weighted by molar-refractivity contribution is -0.443. The van der Waals surface area contributed by atoms with Crippen LogP contribution in [0.4, 0.5) is 0 Å². The number of esters is 1. The van der Waals surface area contributed by atoms with Crippen molar-refractivity contribution in [3.05, 3.63) is 71.8 Å². The number of rotatable bonds is 5. The number of epoxide rings is 1. The van der Waals surface area contributed by atoms with Crippen molar-refractivity contribution in [2.24, 2.45) is 29.6 Å². The Morgan fingerprint density at radius 3 is 2.33 bits per heavy atom. The quantitative estimate of drug-likeness (QED) is 0.355. The number of hydrogen-bond donors (Lipinski definition) is 3. The van der Waals surface area contributed by atoms with Crippen molar-refractivity contribution in [2.75, 3.05) is 6.61 Å². The van der Waals surface area contributed by atoms with Crippen molar-refractivity contribution < 1.29 is 43.8 Å². The number of ether oxygens (including phenoxy) is 5. The molecule has 3 heterocycles. The van der Waals surface area contributed by atoms with Gasteiger partial charge in [-0.15, -0.1) is 0 Å². The van der Waals surface area contributed by atoms with Gasteiger partial charge in [-0.25, -0.2) is 4.79 Å². The molecule has 0 amide bonds. The molecule has 0 aromatic heterocycles. The van der Waals surface area contributed by atoms with Crippen LogP contribution in [0.3, 0.4) is 0 Å². The fraction of sp³-hybridized carbons (Fsp3) is 0.618. The van der Waals surface area contributed by atoms with E-state index in [4.69, 9.17) is 23.7 Å². The topological polar surface area (TPSA) is 127 Å². The van der Waals surface area contributed by atoms with Crippen LogP contribution in [0.25, 0.3) is 0 Å². The van der Waals surface area contributed by atoms with E-state index in [1.165, 1.54) is 0 Å². The molecule has 9 nitrogen and oxygen atoms in total. The molecule has 8 rings (SSSR count). The second-order valence-electron chi connectivity index (χ2n) is 14.2. The third-order valence-electron chi connectivity index (χ3n) is 11.9. The standard InChI is InChI=1S/C34H40O9/c1-18(2)30-16-20(4)33-23-15-19(3)25(35)32(23,38)29(37)31(17-39-28(36)21-11-7-5-8-12-21)27(40-31)24(33)26(30)41-34(42-30,43-33)22-13-9-6-10-14-22/h5-14,18-20,23-27,29,35,37-38H,15-17H2,1-4H3/t19-,20+,23?,24?,25-,26?,27-,29+,30+,31-,32+,33?,34+/m0/s1. The second kappa shape index (κ2) is 8.88. The molecule has 2 aromatic carbocycles. The molecule has 0 spiro atoms. The van der Waals surface area contributed by atoms with E-state index < -0.39 is 70.6 Å². The van der Waals surface area contributed by atoms with Crippen LogP contribution in [-0.2, 0) is 29.7 Å². The van der Waals surface area contributed by atoms with Gasteiger partial charge in [0.2, 0.25) is 0 Å². The van der Waals surface area contributed by atoms with Gasteiger partial charge in [0.25, 0.3) is 0 Å². The molecule has 3 N–H and O–H groups in total. The van der Waals surface area contributed by atoms with Gasteiger partial charge in [0, 0.05) is 17.4 Å². The van der Waals surface area contributed by atoms with Gasteiger partial charge in [-0.05, 0) is 42.7 Å². The lowest BCUT2D eigenvalue weighted by Crippen LogP contribution is -2.72. The molecular formula is C34H40O9. The monoisotopic (exact) mass is 592 g/mol. The Kier molecular flexibility index (Phi) is 5.81. The van der Waals surface area contributed by atoms with E-state index in [0.717, 1.165) is 0 Å². The number of carbonyl (C=O) groups excluding carboxylic acids is 1. The normalized spacial score (nSPS) is 50.5. The Morgan fingerprint density at radius 1 is 0.977 bits per heavy atom. The van der Waals surface area contributed by atoms with Crippen molar-refractivity contribution in [1.29, 1.82) is 0 Å². The Hall–Kier alpha value is -2.37. The van der Waals surface area contributed by atoms with E-state index >= 15 is 0 Å². The predicted octanol–water partition coefficient (Wildman–Crippen LogP) is 3.15. The van der Waals surface area contributed by atoms with Gasteiger partial charge >= 0.3 is 11.9 Å². The molecule has 0 radical (unpaired) electrons. The molecule has 43 heavy (non-hydrogen) atoms. The zero-order chi connectivity index (χ0) is 30.2. The highest BCUT2D eigenvalue weighted by Gasteiger charge is 2.89. The summed E-state index contributed by atoms with van der Waals surface area (Å²) < 4.78 is 33.4. The zero-order valence-electron chi connectivity index (χ0n) is 24.9. The summed E-state index contributed by atoms with van der Waals surface area (Å²) in [6.45, 7) is 7.94. The molecule has 9 heteroatoms. The average Bonchev–Trinajstić information content (AvgIpc) is 3.63. The Balaban J connectivity index is 1.29. The van der Waals surface area contributed by atoms with Crippen LogP contribution in [0, 0.1) is 29.6 Å². The summed E-state index contributed by atoms with van der Waals surface area (Å²) in [4.78, 5) is 13.1. The van der Waals surface area contributed by atoms with Crippen LogP contribution in [0.1, 0.15) is 56.5 Å². The first kappa shape index (κ1) is 28.1. The fourth-order valence-corrected chi connectivity index (χ4v) is 9.81. The molecule has 6 aliphatic rings. The Morgan fingerprint density at radius 2 is 1.65 bits per heavy atom. The maximum atomic E-state index is 13.1. The fourth-order valence-electron chi connectivity index (χ4n) is 9.81. The minimum Gasteiger partial charge on any atom is -0.459 e. The molecule has 4 unspecified atom stereocenters. The maximum absolute atomic E-state index is 13.1. The van der Waals surface area contributed by atoms with Gasteiger partial charge in [0.1, 0.15) is 36.1 Å². The summed E-state index contributed by atoms with van der Waals surface area (Å²) >= 11 is 0. The molecule has 6 fully saturated rings. The molecule has 3 saturated heterocycles. The molecule has 230 valence electrons. The number of aliphatic hydroxyl groups excluding tert-OH is 2. The first-order chi connectivity index (χ1) is 20.5. The third kappa shape index (κ3) is 3.29. The summed E-state index contributed by atoms with van der Waals surface area (Å²) in [5.74, 6) is -3.68. The second-order valence-corrected chi connectivity index (χ2v) is 14.2. The minimum atomic E-state index is -2.00. The Labute approximate surface area is 251 Å². The molecule has 3 saturated carbocycles. The lowest BCUT2D eigenvalue weighted by Gasteiger charge is -2.60. The van der Waals surface area contributed by atoms with Crippen LogP contribution in [0.5, 0.6) is 0 Å². The van der Waals surface area contributed by atoms with Crippen molar-refractivity contribution >= 4 is 5.97 Å². The van der Waals surface area contributed by atoms with E-state index in [0.29, 0.717) is 24.0 Å². The van der Waals surface area contributed by atoms with Gasteiger partial charge in [0.15, 0.2) is 5.60 Å². The maximum Gasteiger partial charge on any atom is 0.338 e. The van der Waals surface area contributed by atoms with Gasteiger partial charge < -0.3 is 39.0 Å². The molecular weight excluding hydrogens is 552 g/mol. The minimum absolute atomic E-state index is 0.0365. The average molecular weight is 593 g/mol. The van der Waals surface area contributed by atoms with E-state index in [-0.39, 0.29) is 24.4 Å². The first-order valence-corrected chi connectivity index (χ1v) is 15.6. The van der Waals surface area contributed by atoms with E-state index in [1.807, 2.05) is 43.3 Å². The zero-order valence-corrected chi connectivity index (χ0v) is 24.9. The van der Waals surface area contributed by atoms with Crippen LogP contribution in [0.15, 0.2) is 60.7 Å². The highest BCUT2D eigenvalue weighted by Crippen LogP contribution is 2.75. The van der Waals surface area contributed by atoms with E-state index in [9.17, 15) is 20.1 Å². The van der Waals surface area contributed by atoms with Crippen molar-refractivity contribution in [3.8, 4) is 0 Å². The number of fused-ring (bicyclic) bond motifs is 3. The number of benzene rings is 2. The van der Waals surface area contributed by atoms with Gasteiger partial charge in [0.05, 0.1) is 17.3 Å². The number of aliphatic hydroxyl groups is 3. The van der Waals surface area contributed by atoms with Gasteiger partial charge in [-0.2, -0.15) is 0 Å². The number of carbonyl (C=O) groups is 1. The number of hydrogen-bond acceptors (Lipinski definition) is 9. The smallest absolute Gasteiger partial charge is 0.338 e. The van der Waals surface area contributed by atoms with E-state index in [2.05, 4.69) is 20.8 Å². The summed E-state index contributed by atoms with van der Waals surface area (Å²) in [6, 6.07) is 18.2. The largest absolute Gasteiger partial charge is 0.459 e. The van der Waals surface area contributed by atoms with Crippen LogP contribution < -0.4 is 0 Å². The molecule has 3 aliphatic carbocycles. The SMILES string of the molecule is CC(C)[C@]12C[C@@H](C)C34O[C@](c5ccccc5)(OC1C3[C@@H]1O[C@]1(COC(=O)c1ccccc1)[C@@H](O)[C@@]1(O)C4C[C@H](C)[C@@H]1O)O2. The van der Waals surface area contributed by atoms with Crippen molar-refractivity contribution in [3.63, 3.8) is 0 Å². The van der Waals surface area contributed by atoms with Crippen molar-refractivity contribution in [1.82, 2.24) is 0 Å². The van der Waals surface area contributed by atoms with Crippen LogP contribution in [-0.4, -0.2) is 74.7 Å². The summed E-state index contributed by atoms with van der Waals surface area (Å²) in [7, 11) is 0. The first-order valence-electron chi connectivity index (χ1n) is 15.6. The predicted molar refractivity (Wildman–Crippen MR) is 151 cm³/mol. The molecule has 2 aromatic rings. The highest BCUT2D eigenvalue weighted by molar-refractivity contribution is 5.89. The van der Waals surface area contributed by atoms with Crippen LogP contribution >= 0.6 is 0 Å². The summed E-state index contributed by atoms with van der Waals surface area (Å²) in [6.07, 6.45) is -2.95. The molecule has 3 aliphatic heterocycles. The summed E-state index contributed by atoms with van der Waals surface area (Å²) in [5.41, 5.74) is -4.20. The summed E-state index contributed by atoms with van der Waals surface area (Å²) in [5, 5.41) is 36.5. The van der Waals surface area contributed by atoms with E-state index in [1.54, 1.807) is 24.3 Å². The highest BCUT2D eigenvalue weighted by atomic mass is 16.9. The molecule has 3 bridgehead atoms. The van der Waals surface area contributed by atoms with Gasteiger partial charge in [-0.1, -0.05) is 76.2 Å². The van der Waals surface area contributed by atoms with Crippen LogP contribution in [0.2, 0.25) is 0 Å².